The van der Waals surface area contributed by atoms with Gasteiger partial charge in [-0.15, -0.1) is 0 Å². The van der Waals surface area contributed by atoms with Crippen LogP contribution in [0.1, 0.15) is 5.56 Å². The first kappa shape index (κ1) is 6.60. The topological polar surface area (TPSA) is 35.0 Å². The molecule has 0 aliphatic carbocycles. The molecule has 3 heterocycles. The third kappa shape index (κ3) is 0.839. The van der Waals surface area contributed by atoms with E-state index in [9.17, 15) is 0 Å². The van der Waals surface area contributed by atoms with Crippen LogP contribution in [0.2, 0.25) is 0 Å². The zero-order valence-corrected chi connectivity index (χ0v) is 6.77. The lowest BCUT2D eigenvalue weighted by Gasteiger charge is -2.10. The van der Waals surface area contributed by atoms with E-state index in [-0.39, 0.29) is 0 Å². The maximum Gasteiger partial charge on any atom is 0.228 e. The molecular weight excluding hydrogens is 164 g/mol. The molecule has 1 aliphatic heterocycles. The molecule has 0 N–H and O–H groups in total. The minimum atomic E-state index is 0.642. The van der Waals surface area contributed by atoms with Gasteiger partial charge in [0.2, 0.25) is 5.88 Å². The van der Waals surface area contributed by atoms with Gasteiger partial charge in [0.25, 0.3) is 0 Å². The summed E-state index contributed by atoms with van der Waals surface area (Å²) in [7, 11) is 0. The highest BCUT2D eigenvalue weighted by Crippen LogP contribution is 2.29. The smallest absolute Gasteiger partial charge is 0.228 e. The third-order valence-corrected chi connectivity index (χ3v) is 2.08. The SMILES string of the molecule is C1=Cc2ccnc3ccnc(c23)O1. The van der Waals surface area contributed by atoms with Crippen LogP contribution in [0.25, 0.3) is 17.0 Å². The van der Waals surface area contributed by atoms with E-state index >= 15 is 0 Å². The molecule has 0 spiro atoms. The Balaban J connectivity index is 2.56. The third-order valence-electron chi connectivity index (χ3n) is 2.08. The quantitative estimate of drug-likeness (QED) is 0.606. The minimum Gasteiger partial charge on any atom is -0.446 e. The predicted molar refractivity (Wildman–Crippen MR) is 49.2 cm³/mol. The molecule has 3 nitrogen and oxygen atoms in total. The van der Waals surface area contributed by atoms with Gasteiger partial charge in [0.1, 0.15) is 0 Å². The first-order chi connectivity index (χ1) is 6.45. The molecule has 0 bridgehead atoms. The van der Waals surface area contributed by atoms with E-state index < -0.39 is 0 Å². The molecule has 0 atom stereocenters. The summed E-state index contributed by atoms with van der Waals surface area (Å²) in [6.45, 7) is 0. The molecule has 3 rings (SSSR count). The van der Waals surface area contributed by atoms with Gasteiger partial charge in [-0.2, -0.15) is 0 Å². The van der Waals surface area contributed by atoms with Gasteiger partial charge in [0.05, 0.1) is 17.2 Å². The standard InChI is InChI=1S/C10H6N2O/c1-4-11-8-2-5-12-10-9(8)7(1)3-6-13-10/h1-6H. The summed E-state index contributed by atoms with van der Waals surface area (Å²) in [4.78, 5) is 8.35. The van der Waals surface area contributed by atoms with Gasteiger partial charge in [-0.05, 0) is 23.8 Å². The Morgan fingerprint density at radius 2 is 2.00 bits per heavy atom. The lowest BCUT2D eigenvalue weighted by molar-refractivity contribution is 0.468. The number of ether oxygens (including phenoxy) is 1. The first-order valence-corrected chi connectivity index (χ1v) is 4.02. The second-order valence-electron chi connectivity index (χ2n) is 2.83. The summed E-state index contributed by atoms with van der Waals surface area (Å²) in [5.41, 5.74) is 2.03. The summed E-state index contributed by atoms with van der Waals surface area (Å²) in [6, 6.07) is 3.83. The van der Waals surface area contributed by atoms with E-state index in [0.29, 0.717) is 5.88 Å². The normalized spacial score (nSPS) is 12.9. The largest absolute Gasteiger partial charge is 0.446 e. The highest BCUT2D eigenvalue weighted by atomic mass is 16.5. The maximum absolute atomic E-state index is 5.26. The number of hydrogen-bond donors (Lipinski definition) is 0. The molecular formula is C10H6N2O. The summed E-state index contributed by atoms with van der Waals surface area (Å²) < 4.78 is 5.26. The molecule has 2 aromatic rings. The molecule has 3 heteroatoms. The molecule has 0 saturated heterocycles. The van der Waals surface area contributed by atoms with Crippen LogP contribution in [-0.2, 0) is 0 Å². The van der Waals surface area contributed by atoms with Crippen molar-refractivity contribution in [2.24, 2.45) is 0 Å². The highest BCUT2D eigenvalue weighted by molar-refractivity contribution is 5.92. The van der Waals surface area contributed by atoms with Crippen molar-refractivity contribution in [2.75, 3.05) is 0 Å². The van der Waals surface area contributed by atoms with Crippen LogP contribution >= 0.6 is 0 Å². The summed E-state index contributed by atoms with van der Waals surface area (Å²) in [5.74, 6) is 0.642. The molecule has 0 amide bonds. The molecule has 0 radical (unpaired) electrons. The second-order valence-corrected chi connectivity index (χ2v) is 2.83. The van der Waals surface area contributed by atoms with Gasteiger partial charge < -0.3 is 4.74 Å². The van der Waals surface area contributed by atoms with Crippen LogP contribution in [0.4, 0.5) is 0 Å². The van der Waals surface area contributed by atoms with Crippen LogP contribution in [0.3, 0.4) is 0 Å². The molecule has 62 valence electrons. The fraction of sp³-hybridized carbons (Fsp3) is 0. The van der Waals surface area contributed by atoms with Crippen molar-refractivity contribution >= 4 is 17.0 Å². The Kier molecular flexibility index (Phi) is 1.16. The number of aromatic nitrogens is 2. The Morgan fingerprint density at radius 1 is 1.08 bits per heavy atom. The number of nitrogens with zero attached hydrogens (tertiary/aromatic N) is 2. The fourth-order valence-corrected chi connectivity index (χ4v) is 1.49. The molecule has 0 saturated carbocycles. The van der Waals surface area contributed by atoms with Crippen molar-refractivity contribution in [1.29, 1.82) is 0 Å². The van der Waals surface area contributed by atoms with Gasteiger partial charge in [-0.25, -0.2) is 4.98 Å². The van der Waals surface area contributed by atoms with Crippen LogP contribution < -0.4 is 4.74 Å². The lowest BCUT2D eigenvalue weighted by Crippen LogP contribution is -1.95. The van der Waals surface area contributed by atoms with Crippen molar-refractivity contribution in [3.63, 3.8) is 0 Å². The summed E-state index contributed by atoms with van der Waals surface area (Å²) in [6.07, 6.45) is 7.05. The monoisotopic (exact) mass is 170 g/mol. The van der Waals surface area contributed by atoms with Crippen LogP contribution in [0.5, 0.6) is 5.88 Å². The van der Waals surface area contributed by atoms with E-state index in [1.807, 2.05) is 18.2 Å². The minimum absolute atomic E-state index is 0.642. The molecule has 0 aromatic carbocycles. The van der Waals surface area contributed by atoms with E-state index in [1.165, 1.54) is 0 Å². The van der Waals surface area contributed by atoms with Gasteiger partial charge >= 0.3 is 0 Å². The summed E-state index contributed by atoms with van der Waals surface area (Å²) in [5, 5.41) is 0.993. The fourth-order valence-electron chi connectivity index (χ4n) is 1.49. The Bertz CT molecular complexity index is 500. The van der Waals surface area contributed by atoms with Crippen LogP contribution in [0.15, 0.2) is 30.8 Å². The van der Waals surface area contributed by atoms with Crippen LogP contribution in [0, 0.1) is 0 Å². The number of pyridine rings is 2. The maximum atomic E-state index is 5.26. The van der Waals surface area contributed by atoms with Gasteiger partial charge in [0, 0.05) is 12.4 Å². The van der Waals surface area contributed by atoms with Crippen molar-refractivity contribution in [1.82, 2.24) is 9.97 Å². The van der Waals surface area contributed by atoms with E-state index in [4.69, 9.17) is 4.74 Å². The Hall–Kier alpha value is -1.90. The van der Waals surface area contributed by atoms with Crippen molar-refractivity contribution in [3.05, 3.63) is 36.4 Å². The molecule has 1 aliphatic rings. The van der Waals surface area contributed by atoms with Gasteiger partial charge in [-0.1, -0.05) is 0 Å². The summed E-state index contributed by atoms with van der Waals surface area (Å²) >= 11 is 0. The van der Waals surface area contributed by atoms with Gasteiger partial charge in [0.15, 0.2) is 0 Å². The zero-order chi connectivity index (χ0) is 8.67. The zero-order valence-electron chi connectivity index (χ0n) is 6.77. The molecule has 0 fully saturated rings. The molecule has 0 unspecified atom stereocenters. The Morgan fingerprint density at radius 3 is 3.00 bits per heavy atom. The average Bonchev–Trinajstić information content (AvgIpc) is 2.19. The Labute approximate surface area is 74.7 Å². The lowest BCUT2D eigenvalue weighted by atomic mass is 10.1. The predicted octanol–water partition coefficient (Wildman–Crippen LogP) is 1.99. The number of rotatable bonds is 0. The average molecular weight is 170 g/mol. The van der Waals surface area contributed by atoms with E-state index in [2.05, 4.69) is 9.97 Å². The van der Waals surface area contributed by atoms with Crippen LogP contribution in [-0.4, -0.2) is 9.97 Å². The number of hydrogen-bond acceptors (Lipinski definition) is 3. The van der Waals surface area contributed by atoms with E-state index in [0.717, 1.165) is 16.5 Å². The van der Waals surface area contributed by atoms with Crippen molar-refractivity contribution in [3.8, 4) is 5.88 Å². The van der Waals surface area contributed by atoms with Gasteiger partial charge in [-0.3, -0.25) is 4.98 Å². The van der Waals surface area contributed by atoms with Crippen molar-refractivity contribution in [2.45, 2.75) is 0 Å². The molecule has 13 heavy (non-hydrogen) atoms. The van der Waals surface area contributed by atoms with E-state index in [1.54, 1.807) is 18.7 Å². The highest BCUT2D eigenvalue weighted by Gasteiger charge is 2.10. The first-order valence-electron chi connectivity index (χ1n) is 4.02. The second kappa shape index (κ2) is 2.29. The van der Waals surface area contributed by atoms with Crippen molar-refractivity contribution < 1.29 is 4.74 Å². The molecule has 2 aromatic heterocycles.